The van der Waals surface area contributed by atoms with Gasteiger partial charge in [0.05, 0.1) is 35.3 Å². The van der Waals surface area contributed by atoms with Gasteiger partial charge in [0.25, 0.3) is 0 Å². The molecule has 9 aliphatic rings. The summed E-state index contributed by atoms with van der Waals surface area (Å²) < 4.78 is 3.75. The number of rotatable bonds is 30. The highest BCUT2D eigenvalue weighted by atomic mass is 16.7. The summed E-state index contributed by atoms with van der Waals surface area (Å²) in [6.07, 6.45) is 51.5. The Morgan fingerprint density at radius 3 is 0.775 bits per heavy atom. The summed E-state index contributed by atoms with van der Waals surface area (Å²) in [5.74, 6) is 0. The Morgan fingerprint density at radius 1 is 0.304 bits per heavy atom. The zero-order chi connectivity index (χ0) is 70.8. The highest BCUT2D eigenvalue weighted by Gasteiger charge is 2.36. The maximum atomic E-state index is 14.4. The molecular formula is C78H129N15O9. The van der Waals surface area contributed by atoms with Gasteiger partial charge < -0.3 is 30.5 Å². The van der Waals surface area contributed by atoms with E-state index in [1.165, 1.54) is 33.0 Å². The standard InChI is InChI=1S/C78H129N15O9/c94-70(91(67-49-19-10-20-50-67)73(82-61-37-13-7-14-38-61)100-85-64-43-25-26-44-64)79-55-31-1-4-34-58-88-76(97)89(59-35-5-2-32-56-80-71(95)92(68-51-21-11-22-52-68)74(83-62-39-15-8-16-40-62)101-86-65-45-27-28-46-65)78(99)90(77(88)98)60-36-6-3-33-57-81-72(96)93(69-53-23-12-24-54-69)75(84-63-41-17-9-18-42-63)102-87-66-47-29-30-48-66/h61-63,67-69H,1-60H2,(H,79,94)(H,80,95)(H,81,96)/b82-73-,83-74-,84-75-. The topological polar surface area (TPSA) is 265 Å². The van der Waals surface area contributed by atoms with Gasteiger partial charge in [0.15, 0.2) is 0 Å². The van der Waals surface area contributed by atoms with Gasteiger partial charge >= 0.3 is 53.2 Å². The molecule has 102 heavy (non-hydrogen) atoms. The van der Waals surface area contributed by atoms with E-state index in [2.05, 4.69) is 31.4 Å². The minimum atomic E-state index is -0.593. The zero-order valence-corrected chi connectivity index (χ0v) is 62.4. The van der Waals surface area contributed by atoms with E-state index in [9.17, 15) is 28.8 Å². The van der Waals surface area contributed by atoms with Crippen molar-refractivity contribution in [1.82, 2.24) is 44.4 Å². The molecule has 1 heterocycles. The minimum absolute atomic E-state index is 0.0133. The number of oxime groups is 3. The molecule has 24 nitrogen and oxygen atoms in total. The molecule has 1 aromatic rings. The summed E-state index contributed by atoms with van der Waals surface area (Å²) in [5, 5.41) is 23.4. The number of hydrogen-bond acceptors (Lipinski definition) is 15. The minimum Gasteiger partial charge on any atom is -0.338 e. The van der Waals surface area contributed by atoms with E-state index in [0.29, 0.717) is 95.5 Å². The number of aromatic nitrogens is 3. The van der Waals surface area contributed by atoms with Crippen LogP contribution < -0.4 is 33.0 Å². The third-order valence-electron chi connectivity index (χ3n) is 23.1. The SMILES string of the molecule is O=C(NCCCCCCn1c(=O)n(CCCCCCNC(=O)N(/C(=N/C2CCCCC2)ON=C2CCCC2)C2CCCCC2)c(=O)n(CCCCCCNC(=O)N(/C(=N/C2CCCCC2)ON=C2CCCC2)C2CCCCC2)c1=O)N(/C(=N/C1CCCCC1)ON=C1CCCC1)C1CCCCC1. The molecule has 3 N–H and O–H groups in total. The number of aliphatic imine (C=N–C) groups is 3. The van der Waals surface area contributed by atoms with Gasteiger partial charge in [-0.2, -0.15) is 0 Å². The van der Waals surface area contributed by atoms with E-state index in [4.69, 9.17) is 29.5 Å². The van der Waals surface area contributed by atoms with Crippen molar-refractivity contribution in [1.29, 1.82) is 0 Å². The van der Waals surface area contributed by atoms with Gasteiger partial charge in [0, 0.05) is 57.4 Å². The zero-order valence-electron chi connectivity index (χ0n) is 62.4. The van der Waals surface area contributed by atoms with Crippen LogP contribution in [0.1, 0.15) is 347 Å². The number of amides is 6. The molecule has 6 amide bonds. The van der Waals surface area contributed by atoms with E-state index in [-0.39, 0.29) is 74.0 Å². The lowest BCUT2D eigenvalue weighted by molar-refractivity contribution is 0.164. The second kappa shape index (κ2) is 43.8. The van der Waals surface area contributed by atoms with E-state index >= 15 is 0 Å². The van der Waals surface area contributed by atoms with Crippen molar-refractivity contribution in [3.05, 3.63) is 31.5 Å². The Balaban J connectivity index is 0.752. The van der Waals surface area contributed by atoms with Crippen molar-refractivity contribution < 1.29 is 28.9 Å². The van der Waals surface area contributed by atoms with Gasteiger partial charge in [-0.1, -0.05) is 170 Å². The molecule has 0 spiro atoms. The first-order valence-electron chi connectivity index (χ1n) is 41.7. The van der Waals surface area contributed by atoms with Crippen LogP contribution in [0.3, 0.4) is 0 Å². The summed E-state index contributed by atoms with van der Waals surface area (Å²) >= 11 is 0. The van der Waals surface area contributed by atoms with Crippen molar-refractivity contribution in [2.75, 3.05) is 19.6 Å². The van der Waals surface area contributed by atoms with E-state index < -0.39 is 17.1 Å². The van der Waals surface area contributed by atoms with Crippen LogP contribution in [0.4, 0.5) is 14.4 Å². The maximum absolute atomic E-state index is 14.4. The molecule has 10 rings (SSSR count). The van der Waals surface area contributed by atoms with Crippen molar-refractivity contribution in [2.24, 2.45) is 30.4 Å². The second-order valence-electron chi connectivity index (χ2n) is 31.2. The van der Waals surface area contributed by atoms with Crippen LogP contribution in [0.2, 0.25) is 0 Å². The maximum Gasteiger partial charge on any atom is 0.336 e. The number of unbranched alkanes of at least 4 members (excludes halogenated alkanes) is 9. The summed E-state index contributed by atoms with van der Waals surface area (Å²) in [4.78, 5) is 126. The monoisotopic (exact) mass is 1420 g/mol. The van der Waals surface area contributed by atoms with Gasteiger partial charge in [0.2, 0.25) is 0 Å². The first-order chi connectivity index (χ1) is 50.2. The highest BCUT2D eigenvalue weighted by Crippen LogP contribution is 2.31. The number of amidine groups is 3. The Kier molecular flexibility index (Phi) is 33.6. The van der Waals surface area contributed by atoms with Gasteiger partial charge in [-0.15, -0.1) is 0 Å². The lowest BCUT2D eigenvalue weighted by atomic mass is 9.94. The molecule has 0 bridgehead atoms. The Bertz CT molecular complexity index is 2740. The van der Waals surface area contributed by atoms with Crippen LogP contribution in [-0.4, -0.2) is 138 Å². The predicted octanol–water partition coefficient (Wildman–Crippen LogP) is 15.8. The molecule has 570 valence electrons. The average Bonchev–Trinajstić information content (AvgIpc) is 0.976. The van der Waals surface area contributed by atoms with E-state index in [1.807, 2.05) is 0 Å². The van der Waals surface area contributed by atoms with E-state index in [0.717, 1.165) is 287 Å². The summed E-state index contributed by atoms with van der Waals surface area (Å²) in [5.41, 5.74) is 1.31. The van der Waals surface area contributed by atoms with E-state index in [1.54, 1.807) is 14.7 Å². The van der Waals surface area contributed by atoms with Crippen LogP contribution in [0, 0.1) is 0 Å². The summed E-state index contributed by atoms with van der Waals surface area (Å²) in [6.45, 7) is 1.82. The van der Waals surface area contributed by atoms with Crippen LogP contribution in [-0.2, 0) is 34.1 Å². The normalized spacial score (nSPS) is 20.7. The van der Waals surface area contributed by atoms with Crippen LogP contribution in [0.25, 0.3) is 0 Å². The van der Waals surface area contributed by atoms with Gasteiger partial charge in [-0.25, -0.2) is 72.1 Å². The van der Waals surface area contributed by atoms with Gasteiger partial charge in [0.1, 0.15) is 0 Å². The molecule has 9 aliphatic carbocycles. The lowest BCUT2D eigenvalue weighted by Crippen LogP contribution is -2.54. The molecule has 0 radical (unpaired) electrons. The lowest BCUT2D eigenvalue weighted by Gasteiger charge is -2.34. The fourth-order valence-electron chi connectivity index (χ4n) is 17.0. The molecule has 9 fully saturated rings. The number of nitrogens with one attached hydrogen (secondary N) is 3. The number of carbonyl (C=O) groups excluding carboxylic acids is 3. The molecular weight excluding hydrogens is 1290 g/mol. The quantitative estimate of drug-likeness (QED) is 0.0286. The van der Waals surface area contributed by atoms with Gasteiger partial charge in [-0.05, 0) is 193 Å². The smallest absolute Gasteiger partial charge is 0.336 e. The fraction of sp³-hybridized carbons (Fsp3) is 0.846. The average molecular weight is 1420 g/mol. The van der Waals surface area contributed by atoms with Crippen molar-refractivity contribution in [3.63, 3.8) is 0 Å². The first kappa shape index (κ1) is 78.2. The third-order valence-corrected chi connectivity index (χ3v) is 23.1. The predicted molar refractivity (Wildman–Crippen MR) is 405 cm³/mol. The number of carbonyl (C=O) groups is 3. The number of hydrogen-bond donors (Lipinski definition) is 3. The molecule has 9 saturated carbocycles. The van der Waals surface area contributed by atoms with Crippen LogP contribution in [0.5, 0.6) is 0 Å². The number of urea groups is 3. The largest absolute Gasteiger partial charge is 0.338 e. The Morgan fingerprint density at radius 2 is 0.529 bits per heavy atom. The highest BCUT2D eigenvalue weighted by molar-refractivity contribution is 5.96. The molecule has 0 unspecified atom stereocenters. The third kappa shape index (κ3) is 24.9. The van der Waals surface area contributed by atoms with Crippen LogP contribution in [0.15, 0.2) is 44.8 Å². The Labute approximate surface area is 608 Å². The summed E-state index contributed by atoms with van der Waals surface area (Å²) in [7, 11) is 0. The molecule has 0 aliphatic heterocycles. The van der Waals surface area contributed by atoms with Crippen molar-refractivity contribution in [3.8, 4) is 0 Å². The fourth-order valence-corrected chi connectivity index (χ4v) is 17.0. The first-order valence-corrected chi connectivity index (χ1v) is 41.7. The van der Waals surface area contributed by atoms with Gasteiger partial charge in [-0.3, -0.25) is 0 Å². The molecule has 0 saturated heterocycles. The number of nitrogens with zero attached hydrogens (tertiary/aromatic N) is 12. The molecule has 0 atom stereocenters. The summed E-state index contributed by atoms with van der Waals surface area (Å²) in [6, 6.07) is 0.672. The van der Waals surface area contributed by atoms with Crippen LogP contribution >= 0.6 is 0 Å². The second-order valence-corrected chi connectivity index (χ2v) is 31.2. The molecule has 24 heteroatoms. The van der Waals surface area contributed by atoms with Crippen molar-refractivity contribution in [2.45, 2.75) is 403 Å². The van der Waals surface area contributed by atoms with Crippen molar-refractivity contribution >= 4 is 53.3 Å². The molecule has 1 aromatic heterocycles. The molecule has 0 aromatic carbocycles. The Hall–Kier alpha value is -6.36.